The molecule has 1 aromatic rings. The maximum absolute atomic E-state index is 12.4. The first-order chi connectivity index (χ1) is 13.4. The van der Waals surface area contributed by atoms with E-state index in [4.69, 9.17) is 24.7 Å². The van der Waals surface area contributed by atoms with Crippen LogP contribution >= 0.6 is 0 Å². The summed E-state index contributed by atoms with van der Waals surface area (Å²) in [4.78, 5) is 36.7. The number of methoxy groups -OCH3 is 1. The summed E-state index contributed by atoms with van der Waals surface area (Å²) < 4.78 is 21.7. The number of nitrogens with zero attached hydrogens (tertiary/aromatic N) is 1. The van der Waals surface area contributed by atoms with Crippen LogP contribution in [-0.4, -0.2) is 62.6 Å². The molecular weight excluding hydrogens is 368 g/mol. The Hall–Kier alpha value is -2.39. The zero-order valence-corrected chi connectivity index (χ0v) is 17.6. The molecule has 0 spiro atoms. The van der Waals surface area contributed by atoms with Gasteiger partial charge in [0.05, 0.1) is 38.6 Å². The van der Waals surface area contributed by atoms with Gasteiger partial charge in [0.25, 0.3) is 5.91 Å². The van der Waals surface area contributed by atoms with Crippen LogP contribution in [0.25, 0.3) is 0 Å². The maximum Gasteiger partial charge on any atom is 0.355 e. The topological polar surface area (TPSA) is 119 Å². The van der Waals surface area contributed by atoms with Crippen LogP contribution in [-0.2, 0) is 25.5 Å². The van der Waals surface area contributed by atoms with E-state index in [0.717, 1.165) is 0 Å². The van der Waals surface area contributed by atoms with Crippen molar-refractivity contribution in [3.05, 3.63) is 22.5 Å². The Kier molecular flexibility index (Phi) is 12.6. The number of primary amides is 1. The van der Waals surface area contributed by atoms with Gasteiger partial charge in [0, 0.05) is 13.7 Å². The Morgan fingerprint density at radius 3 is 2.00 bits per heavy atom. The van der Waals surface area contributed by atoms with Crippen molar-refractivity contribution in [1.82, 2.24) is 4.57 Å². The molecule has 0 radical (unpaired) electrons. The van der Waals surface area contributed by atoms with Gasteiger partial charge in [0.2, 0.25) is 0 Å². The maximum atomic E-state index is 12.4. The quantitative estimate of drug-likeness (QED) is 0.445. The normalized spacial score (nSPS) is 10.1. The van der Waals surface area contributed by atoms with E-state index >= 15 is 0 Å². The first kappa shape index (κ1) is 25.6. The van der Waals surface area contributed by atoms with Gasteiger partial charge in [-0.3, -0.25) is 4.79 Å². The van der Waals surface area contributed by atoms with Gasteiger partial charge in [-0.2, -0.15) is 0 Å². The van der Waals surface area contributed by atoms with Gasteiger partial charge in [-0.1, -0.05) is 13.8 Å². The second-order valence-corrected chi connectivity index (χ2v) is 5.26. The predicted molar refractivity (Wildman–Crippen MR) is 104 cm³/mol. The lowest BCUT2D eigenvalue weighted by Crippen LogP contribution is -2.24. The number of carbonyl (C=O) groups is 3. The molecule has 9 heteroatoms. The molecule has 0 fully saturated rings. The van der Waals surface area contributed by atoms with Gasteiger partial charge < -0.3 is 29.2 Å². The van der Waals surface area contributed by atoms with E-state index in [9.17, 15) is 14.4 Å². The van der Waals surface area contributed by atoms with E-state index < -0.39 is 17.8 Å². The Balaban J connectivity index is 0.00000352. The minimum absolute atomic E-state index is 0.0284. The van der Waals surface area contributed by atoms with Crippen molar-refractivity contribution >= 4 is 17.8 Å². The fourth-order valence-corrected chi connectivity index (χ4v) is 2.54. The zero-order valence-electron chi connectivity index (χ0n) is 17.6. The molecule has 0 aliphatic heterocycles. The van der Waals surface area contributed by atoms with Crippen LogP contribution in [0.5, 0.6) is 0 Å². The summed E-state index contributed by atoms with van der Waals surface area (Å²) in [5, 5.41) is 0. The minimum Gasteiger partial charge on any atom is -0.462 e. The van der Waals surface area contributed by atoms with E-state index in [0.29, 0.717) is 13.2 Å². The molecular formula is C19H32N2O7. The van der Waals surface area contributed by atoms with Crippen molar-refractivity contribution in [2.24, 2.45) is 5.73 Å². The van der Waals surface area contributed by atoms with Crippen molar-refractivity contribution in [2.75, 3.05) is 40.1 Å². The Morgan fingerprint density at radius 2 is 1.50 bits per heavy atom. The standard InChI is InChI=1S/C17H26N2O7.C2H6/c1-5-25-16(21)12-11(3)13(17(22)26-6-2)19(14(12)15(18)20)7-8-24-10-9-23-4;1-2/h5-10H2,1-4H3,(H2,18,20);1-2H3. The largest absolute Gasteiger partial charge is 0.462 e. The summed E-state index contributed by atoms with van der Waals surface area (Å²) >= 11 is 0. The smallest absolute Gasteiger partial charge is 0.355 e. The summed E-state index contributed by atoms with van der Waals surface area (Å²) in [6, 6.07) is 0. The van der Waals surface area contributed by atoms with Gasteiger partial charge in [-0.25, -0.2) is 9.59 Å². The highest BCUT2D eigenvalue weighted by Crippen LogP contribution is 2.25. The fraction of sp³-hybridized carbons (Fsp3) is 0.632. The number of hydrogen-bond acceptors (Lipinski definition) is 7. The van der Waals surface area contributed by atoms with Gasteiger partial charge in [0.15, 0.2) is 0 Å². The fourth-order valence-electron chi connectivity index (χ4n) is 2.54. The van der Waals surface area contributed by atoms with Gasteiger partial charge >= 0.3 is 11.9 Å². The van der Waals surface area contributed by atoms with Crippen molar-refractivity contribution in [1.29, 1.82) is 0 Å². The van der Waals surface area contributed by atoms with Crippen LogP contribution in [0, 0.1) is 6.92 Å². The molecule has 0 saturated carbocycles. The molecule has 9 nitrogen and oxygen atoms in total. The van der Waals surface area contributed by atoms with Gasteiger partial charge in [-0.05, 0) is 26.3 Å². The molecule has 2 N–H and O–H groups in total. The van der Waals surface area contributed by atoms with Crippen LogP contribution in [0.4, 0.5) is 0 Å². The van der Waals surface area contributed by atoms with Crippen molar-refractivity contribution in [3.8, 4) is 0 Å². The monoisotopic (exact) mass is 400 g/mol. The molecule has 0 aliphatic rings. The Morgan fingerprint density at radius 1 is 0.929 bits per heavy atom. The number of hydrogen-bond donors (Lipinski definition) is 1. The number of carbonyl (C=O) groups excluding carboxylic acids is 3. The molecule has 0 saturated heterocycles. The molecule has 160 valence electrons. The second kappa shape index (κ2) is 13.7. The van der Waals surface area contributed by atoms with E-state index in [1.165, 1.54) is 4.57 Å². The molecule has 1 aromatic heterocycles. The van der Waals surface area contributed by atoms with Gasteiger partial charge in [0.1, 0.15) is 11.4 Å². The predicted octanol–water partition coefficient (Wildman–Crippen LogP) is 1.94. The van der Waals surface area contributed by atoms with Crippen LogP contribution in [0.15, 0.2) is 0 Å². The van der Waals surface area contributed by atoms with E-state index in [1.807, 2.05) is 13.8 Å². The average Bonchev–Trinajstić information content (AvgIpc) is 2.96. The number of nitrogens with two attached hydrogens (primary N) is 1. The summed E-state index contributed by atoms with van der Waals surface area (Å²) in [5.41, 5.74) is 5.72. The third-order valence-electron chi connectivity index (χ3n) is 3.58. The summed E-state index contributed by atoms with van der Waals surface area (Å²) in [6.07, 6.45) is 0. The lowest BCUT2D eigenvalue weighted by molar-refractivity contribution is 0.0496. The van der Waals surface area contributed by atoms with E-state index in [2.05, 4.69) is 0 Å². The number of ether oxygens (including phenoxy) is 4. The van der Waals surface area contributed by atoms with Crippen LogP contribution in [0.3, 0.4) is 0 Å². The van der Waals surface area contributed by atoms with Crippen molar-refractivity contribution in [3.63, 3.8) is 0 Å². The third-order valence-corrected chi connectivity index (χ3v) is 3.58. The molecule has 0 aliphatic carbocycles. The minimum atomic E-state index is -0.844. The first-order valence-corrected chi connectivity index (χ1v) is 9.34. The summed E-state index contributed by atoms with van der Waals surface area (Å²) in [5.74, 6) is -2.22. The number of esters is 2. The third kappa shape index (κ3) is 6.65. The lowest BCUT2D eigenvalue weighted by Gasteiger charge is -2.12. The molecule has 1 heterocycles. The lowest BCUT2D eigenvalue weighted by atomic mass is 10.1. The number of rotatable bonds is 11. The molecule has 1 amide bonds. The molecule has 0 unspecified atom stereocenters. The van der Waals surface area contributed by atoms with Crippen LogP contribution in [0.2, 0.25) is 0 Å². The molecule has 0 atom stereocenters. The highest BCUT2D eigenvalue weighted by Gasteiger charge is 2.32. The van der Waals surface area contributed by atoms with Crippen molar-refractivity contribution < 1.29 is 33.3 Å². The Labute approximate surface area is 166 Å². The molecule has 0 aromatic carbocycles. The number of aromatic nitrogens is 1. The van der Waals surface area contributed by atoms with Gasteiger partial charge in [-0.15, -0.1) is 0 Å². The molecule has 28 heavy (non-hydrogen) atoms. The average molecular weight is 400 g/mol. The summed E-state index contributed by atoms with van der Waals surface area (Å²) in [6.45, 7) is 10.2. The number of amides is 1. The summed E-state index contributed by atoms with van der Waals surface area (Å²) in [7, 11) is 1.55. The van der Waals surface area contributed by atoms with Crippen LogP contribution in [0.1, 0.15) is 64.6 Å². The van der Waals surface area contributed by atoms with E-state index in [1.54, 1.807) is 27.9 Å². The highest BCUT2D eigenvalue weighted by molar-refractivity contribution is 6.08. The second-order valence-electron chi connectivity index (χ2n) is 5.26. The SMILES string of the molecule is CC.CCOC(=O)c1c(C)c(C(=O)OCC)n(CCOCCOC)c1C(N)=O. The molecule has 0 bridgehead atoms. The zero-order chi connectivity index (χ0) is 21.7. The van der Waals surface area contributed by atoms with E-state index in [-0.39, 0.29) is 48.9 Å². The van der Waals surface area contributed by atoms with Crippen molar-refractivity contribution in [2.45, 2.75) is 41.2 Å². The first-order valence-electron chi connectivity index (χ1n) is 9.34. The highest BCUT2D eigenvalue weighted by atomic mass is 16.5. The van der Waals surface area contributed by atoms with Crippen LogP contribution < -0.4 is 5.73 Å². The molecule has 1 rings (SSSR count). The Bertz CT molecular complexity index is 653.